The van der Waals surface area contributed by atoms with E-state index in [1.807, 2.05) is 0 Å². The molecule has 1 N–H and O–H groups in total. The van der Waals surface area contributed by atoms with Gasteiger partial charge in [-0.2, -0.15) is 0 Å². The fourth-order valence-corrected chi connectivity index (χ4v) is 1.99. The molecule has 6 heteroatoms. The quantitative estimate of drug-likeness (QED) is 0.869. The Balaban J connectivity index is 2.63. The van der Waals surface area contributed by atoms with Gasteiger partial charge in [-0.3, -0.25) is 4.79 Å². The van der Waals surface area contributed by atoms with Gasteiger partial charge in [0.15, 0.2) is 5.82 Å². The van der Waals surface area contributed by atoms with Crippen LogP contribution in [0.3, 0.4) is 0 Å². The summed E-state index contributed by atoms with van der Waals surface area (Å²) in [7, 11) is 1.55. The monoisotopic (exact) mass is 269 g/mol. The Bertz CT molecular complexity index is 594. The van der Waals surface area contributed by atoms with Gasteiger partial charge in [0.2, 0.25) is 5.91 Å². The highest BCUT2D eigenvalue weighted by Crippen LogP contribution is 2.25. The summed E-state index contributed by atoms with van der Waals surface area (Å²) in [6.07, 6.45) is 0. The molecule has 96 valence electrons. The number of imidazole rings is 1. The first-order valence-electron chi connectivity index (χ1n) is 5.54. The predicted molar refractivity (Wildman–Crippen MR) is 68.0 cm³/mol. The van der Waals surface area contributed by atoms with Gasteiger partial charge in [-0.25, -0.2) is 9.37 Å². The molecule has 1 aromatic heterocycles. The summed E-state index contributed by atoms with van der Waals surface area (Å²) in [5.41, 5.74) is 0.810. The lowest BCUT2D eigenvalue weighted by molar-refractivity contribution is -0.121. The number of halogens is 2. The van der Waals surface area contributed by atoms with Crippen molar-refractivity contribution in [3.05, 3.63) is 29.8 Å². The second-order valence-electron chi connectivity index (χ2n) is 3.95. The van der Waals surface area contributed by atoms with Crippen molar-refractivity contribution in [1.29, 1.82) is 0 Å². The van der Waals surface area contributed by atoms with E-state index in [2.05, 4.69) is 10.3 Å². The molecule has 0 spiro atoms. The summed E-state index contributed by atoms with van der Waals surface area (Å²) in [4.78, 5) is 15.7. The maximum Gasteiger partial charge on any atom is 0.239 e. The minimum atomic E-state index is -0.415. The standard InChI is InChI=1S/C12H13ClFN3O/c1-7(13)12-16-11-8(14)4-3-5-9(11)17(12)6-10(18)15-2/h3-5,7H,6H2,1-2H3,(H,15,18). The van der Waals surface area contributed by atoms with Gasteiger partial charge in [0.1, 0.15) is 17.9 Å². The summed E-state index contributed by atoms with van der Waals surface area (Å²) in [6.45, 7) is 1.81. The zero-order valence-corrected chi connectivity index (χ0v) is 10.8. The van der Waals surface area contributed by atoms with Crippen molar-refractivity contribution in [3.8, 4) is 0 Å². The van der Waals surface area contributed by atoms with Crippen LogP contribution in [0.1, 0.15) is 18.1 Å². The largest absolute Gasteiger partial charge is 0.358 e. The second-order valence-corrected chi connectivity index (χ2v) is 4.61. The molecular formula is C12H13ClFN3O. The zero-order valence-electron chi connectivity index (χ0n) is 10.1. The van der Waals surface area contributed by atoms with Gasteiger partial charge in [0, 0.05) is 7.05 Å². The molecule has 0 radical (unpaired) electrons. The molecule has 2 aromatic rings. The highest BCUT2D eigenvalue weighted by molar-refractivity contribution is 6.20. The van der Waals surface area contributed by atoms with Crippen molar-refractivity contribution in [2.45, 2.75) is 18.8 Å². The van der Waals surface area contributed by atoms with Crippen molar-refractivity contribution in [1.82, 2.24) is 14.9 Å². The minimum absolute atomic E-state index is 0.0723. The lowest BCUT2D eigenvalue weighted by atomic mass is 10.3. The first kappa shape index (κ1) is 12.8. The number of nitrogens with one attached hydrogen (secondary N) is 1. The summed E-state index contributed by atoms with van der Waals surface area (Å²) < 4.78 is 15.3. The number of hydrogen-bond donors (Lipinski definition) is 1. The lowest BCUT2D eigenvalue weighted by Crippen LogP contribution is -2.24. The molecule has 2 rings (SSSR count). The van der Waals surface area contributed by atoms with Crippen molar-refractivity contribution < 1.29 is 9.18 Å². The molecule has 1 heterocycles. The third kappa shape index (κ3) is 2.18. The molecule has 0 saturated heterocycles. The van der Waals surface area contributed by atoms with Gasteiger partial charge in [0.25, 0.3) is 0 Å². The normalized spacial score (nSPS) is 12.7. The molecule has 1 amide bonds. The smallest absolute Gasteiger partial charge is 0.239 e. The Kier molecular flexibility index (Phi) is 3.52. The van der Waals surface area contributed by atoms with E-state index in [1.54, 1.807) is 30.7 Å². The van der Waals surface area contributed by atoms with Crippen LogP contribution >= 0.6 is 11.6 Å². The molecule has 1 unspecified atom stereocenters. The number of nitrogens with zero attached hydrogens (tertiary/aromatic N) is 2. The van der Waals surface area contributed by atoms with Crippen molar-refractivity contribution in [3.63, 3.8) is 0 Å². The van der Waals surface area contributed by atoms with Crippen LogP contribution in [0.4, 0.5) is 4.39 Å². The molecule has 0 bridgehead atoms. The predicted octanol–water partition coefficient (Wildman–Crippen LogP) is 2.22. The zero-order chi connectivity index (χ0) is 13.3. The molecule has 0 fully saturated rings. The van der Waals surface area contributed by atoms with E-state index in [1.165, 1.54) is 6.07 Å². The topological polar surface area (TPSA) is 46.9 Å². The average molecular weight is 270 g/mol. The number of likely N-dealkylation sites (N-methyl/N-ethyl adjacent to an activating group) is 1. The van der Waals surface area contributed by atoms with E-state index in [0.29, 0.717) is 11.3 Å². The number of para-hydroxylation sites is 1. The van der Waals surface area contributed by atoms with E-state index < -0.39 is 11.2 Å². The SMILES string of the molecule is CNC(=O)Cn1c(C(C)Cl)nc2c(F)cccc21. The number of hydrogen-bond acceptors (Lipinski definition) is 2. The van der Waals surface area contributed by atoms with Crippen LogP contribution in [-0.2, 0) is 11.3 Å². The highest BCUT2D eigenvalue weighted by atomic mass is 35.5. The van der Waals surface area contributed by atoms with Gasteiger partial charge in [-0.15, -0.1) is 11.6 Å². The Morgan fingerprint density at radius 1 is 1.61 bits per heavy atom. The fourth-order valence-electron chi connectivity index (χ4n) is 1.82. The Morgan fingerprint density at radius 2 is 2.33 bits per heavy atom. The van der Waals surface area contributed by atoms with Crippen molar-refractivity contribution >= 4 is 28.5 Å². The number of alkyl halides is 1. The Hall–Kier alpha value is -1.62. The third-order valence-corrected chi connectivity index (χ3v) is 2.89. The Morgan fingerprint density at radius 3 is 2.94 bits per heavy atom. The summed E-state index contributed by atoms with van der Waals surface area (Å²) in [5.74, 6) is -0.112. The molecular weight excluding hydrogens is 257 g/mol. The van der Waals surface area contributed by atoms with Gasteiger partial charge in [0.05, 0.1) is 10.9 Å². The molecule has 1 atom stereocenters. The van der Waals surface area contributed by atoms with Crippen LogP contribution in [0, 0.1) is 5.82 Å². The maximum atomic E-state index is 13.6. The van der Waals surface area contributed by atoms with E-state index in [0.717, 1.165) is 0 Å². The molecule has 0 aliphatic rings. The van der Waals surface area contributed by atoms with Crippen LogP contribution < -0.4 is 5.32 Å². The average Bonchev–Trinajstić information content (AvgIpc) is 2.70. The van der Waals surface area contributed by atoms with E-state index in [9.17, 15) is 9.18 Å². The van der Waals surface area contributed by atoms with Gasteiger partial charge in [-0.1, -0.05) is 6.07 Å². The number of aromatic nitrogens is 2. The van der Waals surface area contributed by atoms with Crippen LogP contribution in [0.2, 0.25) is 0 Å². The van der Waals surface area contributed by atoms with Crippen LogP contribution in [0.15, 0.2) is 18.2 Å². The highest BCUT2D eigenvalue weighted by Gasteiger charge is 2.18. The summed E-state index contributed by atoms with van der Waals surface area (Å²) >= 11 is 6.02. The molecule has 0 aliphatic heterocycles. The maximum absolute atomic E-state index is 13.6. The van der Waals surface area contributed by atoms with E-state index in [4.69, 9.17) is 11.6 Å². The number of carbonyl (C=O) groups is 1. The number of benzene rings is 1. The van der Waals surface area contributed by atoms with E-state index >= 15 is 0 Å². The third-order valence-electron chi connectivity index (χ3n) is 2.70. The van der Waals surface area contributed by atoms with E-state index in [-0.39, 0.29) is 18.0 Å². The minimum Gasteiger partial charge on any atom is -0.358 e. The second kappa shape index (κ2) is 4.94. The molecule has 18 heavy (non-hydrogen) atoms. The van der Waals surface area contributed by atoms with Gasteiger partial charge >= 0.3 is 0 Å². The molecule has 0 saturated carbocycles. The number of rotatable bonds is 3. The van der Waals surface area contributed by atoms with Crippen LogP contribution in [0.5, 0.6) is 0 Å². The number of amides is 1. The fraction of sp³-hybridized carbons (Fsp3) is 0.333. The van der Waals surface area contributed by atoms with Gasteiger partial charge in [-0.05, 0) is 19.1 Å². The van der Waals surface area contributed by atoms with Crippen LogP contribution in [0.25, 0.3) is 11.0 Å². The summed E-state index contributed by atoms with van der Waals surface area (Å²) in [5, 5.41) is 2.12. The Labute approximate surface area is 109 Å². The van der Waals surface area contributed by atoms with Gasteiger partial charge < -0.3 is 9.88 Å². The lowest BCUT2D eigenvalue weighted by Gasteiger charge is -2.09. The molecule has 1 aromatic carbocycles. The molecule has 0 aliphatic carbocycles. The van der Waals surface area contributed by atoms with Crippen molar-refractivity contribution in [2.75, 3.05) is 7.05 Å². The molecule has 4 nitrogen and oxygen atoms in total. The first-order valence-corrected chi connectivity index (χ1v) is 5.97. The number of carbonyl (C=O) groups excluding carboxylic acids is 1. The van der Waals surface area contributed by atoms with Crippen LogP contribution in [-0.4, -0.2) is 22.5 Å². The number of fused-ring (bicyclic) bond motifs is 1. The van der Waals surface area contributed by atoms with Crippen molar-refractivity contribution in [2.24, 2.45) is 0 Å². The summed E-state index contributed by atoms with van der Waals surface area (Å²) in [6, 6.07) is 4.64. The first-order chi connectivity index (χ1) is 8.54.